The van der Waals surface area contributed by atoms with Crippen LogP contribution in [0.25, 0.3) is 0 Å². The summed E-state index contributed by atoms with van der Waals surface area (Å²) in [7, 11) is 0. The molecule has 6 nitrogen and oxygen atoms in total. The molecule has 0 bridgehead atoms. The van der Waals surface area contributed by atoms with Crippen LogP contribution < -0.4 is 5.32 Å². The van der Waals surface area contributed by atoms with Crippen molar-refractivity contribution in [3.05, 3.63) is 42.0 Å². The number of amides is 1. The average molecular weight is 259 g/mol. The maximum atomic E-state index is 11.8. The normalized spacial score (nSPS) is 12.1. The quantitative estimate of drug-likeness (QED) is 0.848. The van der Waals surface area contributed by atoms with Crippen molar-refractivity contribution in [3.8, 4) is 0 Å². The lowest BCUT2D eigenvalue weighted by atomic mass is 10.2. The van der Waals surface area contributed by atoms with Crippen molar-refractivity contribution in [2.24, 2.45) is 0 Å². The SMILES string of the molecule is Cc1cnc([C@@H](C)NC(=O)CCc2cnccn2)[nH]1. The third kappa shape index (κ3) is 3.87. The van der Waals surface area contributed by atoms with E-state index in [1.165, 1.54) is 0 Å². The molecule has 0 aromatic carbocycles. The molecule has 0 aliphatic heterocycles. The number of carbonyl (C=O) groups is 1. The zero-order valence-electron chi connectivity index (χ0n) is 11.1. The summed E-state index contributed by atoms with van der Waals surface area (Å²) < 4.78 is 0. The molecule has 1 atom stereocenters. The summed E-state index contributed by atoms with van der Waals surface area (Å²) in [6.45, 7) is 3.83. The van der Waals surface area contributed by atoms with Crippen molar-refractivity contribution in [3.63, 3.8) is 0 Å². The van der Waals surface area contributed by atoms with Gasteiger partial charge in [0.1, 0.15) is 5.82 Å². The van der Waals surface area contributed by atoms with Crippen LogP contribution in [0.15, 0.2) is 24.8 Å². The Morgan fingerprint density at radius 2 is 2.21 bits per heavy atom. The summed E-state index contributed by atoms with van der Waals surface area (Å²) in [5, 5.41) is 2.90. The third-order valence-corrected chi connectivity index (χ3v) is 2.74. The molecule has 2 rings (SSSR count). The van der Waals surface area contributed by atoms with Crippen molar-refractivity contribution in [2.75, 3.05) is 0 Å². The number of aromatic amines is 1. The molecular formula is C13H17N5O. The Morgan fingerprint density at radius 1 is 1.37 bits per heavy atom. The van der Waals surface area contributed by atoms with Gasteiger partial charge in [-0.15, -0.1) is 0 Å². The van der Waals surface area contributed by atoms with Gasteiger partial charge in [-0.05, 0) is 20.3 Å². The molecule has 2 aromatic rings. The summed E-state index contributed by atoms with van der Waals surface area (Å²) in [5.74, 6) is 0.748. The molecule has 0 radical (unpaired) electrons. The van der Waals surface area contributed by atoms with Crippen LogP contribution in [0.4, 0.5) is 0 Å². The van der Waals surface area contributed by atoms with Crippen molar-refractivity contribution < 1.29 is 4.79 Å². The predicted molar refractivity (Wildman–Crippen MR) is 70.2 cm³/mol. The van der Waals surface area contributed by atoms with Gasteiger partial charge in [0.05, 0.1) is 11.7 Å². The van der Waals surface area contributed by atoms with Crippen LogP contribution in [-0.2, 0) is 11.2 Å². The highest BCUT2D eigenvalue weighted by atomic mass is 16.1. The Balaban J connectivity index is 1.81. The smallest absolute Gasteiger partial charge is 0.220 e. The number of aromatic nitrogens is 4. The number of rotatable bonds is 5. The minimum atomic E-state index is -0.122. The van der Waals surface area contributed by atoms with Crippen molar-refractivity contribution in [1.29, 1.82) is 0 Å². The van der Waals surface area contributed by atoms with Crippen LogP contribution >= 0.6 is 0 Å². The molecule has 2 aromatic heterocycles. The zero-order chi connectivity index (χ0) is 13.7. The van der Waals surface area contributed by atoms with Gasteiger partial charge in [0.15, 0.2) is 0 Å². The Labute approximate surface area is 111 Å². The molecule has 2 heterocycles. The van der Waals surface area contributed by atoms with E-state index in [0.717, 1.165) is 17.2 Å². The van der Waals surface area contributed by atoms with E-state index in [1.54, 1.807) is 24.8 Å². The maximum absolute atomic E-state index is 11.8. The van der Waals surface area contributed by atoms with Crippen LogP contribution in [0.3, 0.4) is 0 Å². The molecule has 0 saturated carbocycles. The second-order valence-electron chi connectivity index (χ2n) is 4.44. The third-order valence-electron chi connectivity index (χ3n) is 2.74. The molecule has 6 heteroatoms. The number of nitrogens with one attached hydrogen (secondary N) is 2. The van der Waals surface area contributed by atoms with E-state index < -0.39 is 0 Å². The Kier molecular flexibility index (Phi) is 4.22. The van der Waals surface area contributed by atoms with Crippen LogP contribution in [-0.4, -0.2) is 25.8 Å². The van der Waals surface area contributed by atoms with Gasteiger partial charge in [-0.1, -0.05) is 0 Å². The molecule has 0 spiro atoms. The van der Waals surface area contributed by atoms with Crippen molar-refractivity contribution in [2.45, 2.75) is 32.7 Å². The standard InChI is InChI=1S/C13H17N5O/c1-9-7-16-13(17-9)10(2)18-12(19)4-3-11-8-14-5-6-15-11/h5-8,10H,3-4H2,1-2H3,(H,16,17)(H,18,19)/t10-/m1/s1. The van der Waals surface area contributed by atoms with Crippen LogP contribution in [0.2, 0.25) is 0 Å². The molecule has 0 aliphatic carbocycles. The minimum absolute atomic E-state index is 0.0211. The van der Waals surface area contributed by atoms with E-state index in [-0.39, 0.29) is 11.9 Å². The average Bonchev–Trinajstić information content (AvgIpc) is 2.84. The molecule has 100 valence electrons. The van der Waals surface area contributed by atoms with Crippen molar-refractivity contribution >= 4 is 5.91 Å². The predicted octanol–water partition coefficient (Wildman–Crippen LogP) is 1.32. The van der Waals surface area contributed by atoms with Gasteiger partial charge in [-0.3, -0.25) is 14.8 Å². The molecule has 19 heavy (non-hydrogen) atoms. The number of imidazole rings is 1. The molecule has 0 saturated heterocycles. The lowest BCUT2D eigenvalue weighted by molar-refractivity contribution is -0.121. The van der Waals surface area contributed by atoms with E-state index in [1.807, 2.05) is 13.8 Å². The van der Waals surface area contributed by atoms with Gasteiger partial charge in [0.25, 0.3) is 0 Å². The number of H-pyrrole nitrogens is 1. The lowest BCUT2D eigenvalue weighted by Gasteiger charge is -2.11. The number of nitrogens with zero attached hydrogens (tertiary/aromatic N) is 3. The summed E-state index contributed by atoms with van der Waals surface area (Å²) in [4.78, 5) is 27.2. The number of hydrogen-bond acceptors (Lipinski definition) is 4. The summed E-state index contributed by atoms with van der Waals surface area (Å²) >= 11 is 0. The van der Waals surface area contributed by atoms with E-state index in [2.05, 4.69) is 25.3 Å². The Morgan fingerprint density at radius 3 is 2.84 bits per heavy atom. The Bertz CT molecular complexity index is 537. The van der Waals surface area contributed by atoms with Gasteiger partial charge in [0.2, 0.25) is 5.91 Å². The van der Waals surface area contributed by atoms with Gasteiger partial charge < -0.3 is 10.3 Å². The highest BCUT2D eigenvalue weighted by molar-refractivity contribution is 5.76. The minimum Gasteiger partial charge on any atom is -0.346 e. The van der Waals surface area contributed by atoms with Gasteiger partial charge in [-0.25, -0.2) is 4.98 Å². The summed E-state index contributed by atoms with van der Waals surface area (Å²) in [6, 6.07) is -0.122. The molecule has 1 amide bonds. The van der Waals surface area contributed by atoms with Gasteiger partial charge in [-0.2, -0.15) is 0 Å². The number of hydrogen-bond donors (Lipinski definition) is 2. The van der Waals surface area contributed by atoms with Gasteiger partial charge in [0, 0.05) is 36.9 Å². The first-order valence-corrected chi connectivity index (χ1v) is 6.21. The second-order valence-corrected chi connectivity index (χ2v) is 4.44. The molecular weight excluding hydrogens is 242 g/mol. The van der Waals surface area contributed by atoms with Crippen LogP contribution in [0.5, 0.6) is 0 Å². The fraction of sp³-hybridized carbons (Fsp3) is 0.385. The molecule has 0 fully saturated rings. The van der Waals surface area contributed by atoms with Gasteiger partial charge >= 0.3 is 0 Å². The van der Waals surface area contributed by atoms with E-state index >= 15 is 0 Å². The maximum Gasteiger partial charge on any atom is 0.220 e. The topological polar surface area (TPSA) is 83.6 Å². The monoisotopic (exact) mass is 259 g/mol. The lowest BCUT2D eigenvalue weighted by Crippen LogP contribution is -2.27. The second kappa shape index (κ2) is 6.08. The molecule has 2 N–H and O–H groups in total. The van der Waals surface area contributed by atoms with E-state index in [0.29, 0.717) is 12.8 Å². The number of carbonyl (C=O) groups excluding carboxylic acids is 1. The Hall–Kier alpha value is -2.24. The fourth-order valence-corrected chi connectivity index (χ4v) is 1.74. The fourth-order valence-electron chi connectivity index (χ4n) is 1.74. The first kappa shape index (κ1) is 13.2. The molecule has 0 unspecified atom stereocenters. The first-order chi connectivity index (χ1) is 9.15. The summed E-state index contributed by atoms with van der Waals surface area (Å²) in [6.07, 6.45) is 7.64. The van der Waals surface area contributed by atoms with E-state index in [9.17, 15) is 4.79 Å². The first-order valence-electron chi connectivity index (χ1n) is 6.21. The van der Waals surface area contributed by atoms with E-state index in [4.69, 9.17) is 0 Å². The highest BCUT2D eigenvalue weighted by Crippen LogP contribution is 2.08. The largest absolute Gasteiger partial charge is 0.346 e. The van der Waals surface area contributed by atoms with Crippen LogP contribution in [0.1, 0.15) is 36.6 Å². The zero-order valence-corrected chi connectivity index (χ0v) is 11.1. The van der Waals surface area contributed by atoms with Crippen molar-refractivity contribution in [1.82, 2.24) is 25.3 Å². The molecule has 0 aliphatic rings. The van der Waals surface area contributed by atoms with Crippen LogP contribution in [0, 0.1) is 6.92 Å². The highest BCUT2D eigenvalue weighted by Gasteiger charge is 2.12. The summed E-state index contributed by atoms with van der Waals surface area (Å²) in [5.41, 5.74) is 1.80. The number of aryl methyl sites for hydroxylation is 2.